The van der Waals surface area contributed by atoms with Crippen LogP contribution < -0.4 is 10.6 Å². The predicted molar refractivity (Wildman–Crippen MR) is 180 cm³/mol. The molecular weight excluding hydrogens is 627 g/mol. The summed E-state index contributed by atoms with van der Waals surface area (Å²) in [4.78, 5) is 54.1. The molecule has 0 saturated heterocycles. The number of nitriles is 1. The van der Waals surface area contributed by atoms with Crippen molar-refractivity contribution in [2.24, 2.45) is 5.92 Å². The third kappa shape index (κ3) is 6.47. The minimum atomic E-state index is -1.64. The van der Waals surface area contributed by atoms with E-state index in [1.165, 1.54) is 18.9 Å². The lowest BCUT2D eigenvalue weighted by Gasteiger charge is -2.22. The zero-order chi connectivity index (χ0) is 33.6. The second-order valence-electron chi connectivity index (χ2n) is 10.9. The van der Waals surface area contributed by atoms with Crippen molar-refractivity contribution in [3.05, 3.63) is 132 Å². The highest BCUT2D eigenvalue weighted by Crippen LogP contribution is 2.45. The van der Waals surface area contributed by atoms with Crippen LogP contribution in [0.2, 0.25) is 0 Å². The van der Waals surface area contributed by atoms with Crippen molar-refractivity contribution >= 4 is 41.0 Å². The molecule has 0 aliphatic carbocycles. The van der Waals surface area contributed by atoms with Gasteiger partial charge in [-0.3, -0.25) is 14.4 Å². The number of thioether (sulfide) groups is 1. The Balaban J connectivity index is 1.38. The lowest BCUT2D eigenvalue weighted by Crippen LogP contribution is -2.43. The number of carbonyl (C=O) groups is 4. The Morgan fingerprint density at radius 2 is 1.58 bits per heavy atom. The molecule has 5 aromatic rings. The number of nitrogens with zero attached hydrogens (tertiary/aromatic N) is 3. The van der Waals surface area contributed by atoms with Gasteiger partial charge in [-0.25, -0.2) is 9.48 Å². The first-order chi connectivity index (χ1) is 23.4. The Kier molecular flexibility index (Phi) is 9.45. The van der Waals surface area contributed by atoms with Gasteiger partial charge < -0.3 is 15.4 Å². The van der Waals surface area contributed by atoms with Gasteiger partial charge in [-0.1, -0.05) is 78.9 Å². The highest BCUT2D eigenvalue weighted by Gasteiger charge is 2.37. The SMILES string of the molecule is COC(=O)[C@H](Cc1ccccc1)NC(=O)c1cccc2c1SCc1c(C(=O)C(C#N)C(=O)Nc3ccccc3)nn(-c3ccccc3)c1-2. The number of rotatable bonds is 10. The Bertz CT molecular complexity index is 2040. The van der Waals surface area contributed by atoms with Gasteiger partial charge >= 0.3 is 5.97 Å². The number of hydrogen-bond donors (Lipinski definition) is 2. The highest BCUT2D eigenvalue weighted by molar-refractivity contribution is 7.98. The molecule has 2 amide bonds. The lowest BCUT2D eigenvalue weighted by atomic mass is 9.96. The molecule has 6 rings (SSSR count). The minimum Gasteiger partial charge on any atom is -0.467 e. The fourth-order valence-corrected chi connectivity index (χ4v) is 6.75. The summed E-state index contributed by atoms with van der Waals surface area (Å²) in [6.45, 7) is 0. The van der Waals surface area contributed by atoms with E-state index in [2.05, 4.69) is 15.7 Å². The van der Waals surface area contributed by atoms with Crippen LogP contribution >= 0.6 is 11.8 Å². The molecule has 0 saturated carbocycles. The van der Waals surface area contributed by atoms with Crippen LogP contribution in [-0.4, -0.2) is 46.5 Å². The molecule has 0 bridgehead atoms. The highest BCUT2D eigenvalue weighted by atomic mass is 32.2. The average molecular weight is 656 g/mol. The van der Waals surface area contributed by atoms with Gasteiger partial charge in [0.05, 0.1) is 30.1 Å². The second-order valence-corrected chi connectivity index (χ2v) is 11.9. The zero-order valence-electron chi connectivity index (χ0n) is 25.8. The van der Waals surface area contributed by atoms with Gasteiger partial charge in [-0.15, -0.1) is 11.8 Å². The summed E-state index contributed by atoms with van der Waals surface area (Å²) in [7, 11) is 1.28. The topological polar surface area (TPSA) is 143 Å². The molecule has 2 heterocycles. The van der Waals surface area contributed by atoms with E-state index in [1.807, 2.05) is 72.8 Å². The monoisotopic (exact) mass is 655 g/mol. The average Bonchev–Trinajstić information content (AvgIpc) is 3.52. The Labute approximate surface area is 280 Å². The first kappa shape index (κ1) is 32.0. The van der Waals surface area contributed by atoms with Crippen molar-refractivity contribution < 1.29 is 23.9 Å². The van der Waals surface area contributed by atoms with Crippen molar-refractivity contribution in [1.29, 1.82) is 5.26 Å². The van der Waals surface area contributed by atoms with Crippen LogP contribution in [0, 0.1) is 17.2 Å². The van der Waals surface area contributed by atoms with Gasteiger partial charge in [-0.2, -0.15) is 10.4 Å². The first-order valence-corrected chi connectivity index (χ1v) is 16.0. The van der Waals surface area contributed by atoms with Gasteiger partial charge in [0.15, 0.2) is 5.92 Å². The van der Waals surface area contributed by atoms with Crippen LogP contribution in [0.25, 0.3) is 16.9 Å². The van der Waals surface area contributed by atoms with E-state index >= 15 is 0 Å². The molecule has 0 fully saturated rings. The summed E-state index contributed by atoms with van der Waals surface area (Å²) in [5.74, 6) is -3.91. The summed E-state index contributed by atoms with van der Waals surface area (Å²) in [5.41, 5.74) is 4.08. The maximum atomic E-state index is 13.9. The second kappa shape index (κ2) is 14.2. The van der Waals surface area contributed by atoms with Crippen LogP contribution in [0.15, 0.2) is 114 Å². The molecular formula is C37H29N5O5S. The maximum absolute atomic E-state index is 13.9. The predicted octanol–water partition coefficient (Wildman–Crippen LogP) is 5.62. The van der Waals surface area contributed by atoms with E-state index in [0.29, 0.717) is 38.7 Å². The number of amides is 2. The summed E-state index contributed by atoms with van der Waals surface area (Å²) in [6, 6.07) is 33.3. The van der Waals surface area contributed by atoms with E-state index in [9.17, 15) is 24.4 Å². The molecule has 0 spiro atoms. The smallest absolute Gasteiger partial charge is 0.328 e. The number of anilines is 1. The molecule has 0 radical (unpaired) electrons. The summed E-state index contributed by atoms with van der Waals surface area (Å²) >= 11 is 1.34. The van der Waals surface area contributed by atoms with Crippen LogP contribution in [0.5, 0.6) is 0 Å². The number of hydrogen-bond acceptors (Lipinski definition) is 8. The van der Waals surface area contributed by atoms with Gasteiger partial charge in [0.1, 0.15) is 11.7 Å². The van der Waals surface area contributed by atoms with E-state index in [0.717, 1.165) is 5.56 Å². The number of carbonyl (C=O) groups excluding carboxylic acids is 4. The van der Waals surface area contributed by atoms with Crippen LogP contribution in [0.4, 0.5) is 5.69 Å². The van der Waals surface area contributed by atoms with Crippen LogP contribution in [-0.2, 0) is 26.5 Å². The van der Waals surface area contributed by atoms with Gasteiger partial charge in [0, 0.05) is 33.9 Å². The molecule has 2 atom stereocenters. The molecule has 238 valence electrons. The molecule has 2 N–H and O–H groups in total. The van der Waals surface area contributed by atoms with Crippen molar-refractivity contribution in [2.75, 3.05) is 12.4 Å². The van der Waals surface area contributed by atoms with E-state index in [4.69, 9.17) is 4.74 Å². The normalized spacial score (nSPS) is 12.8. The quantitative estimate of drug-likeness (QED) is 0.112. The van der Waals surface area contributed by atoms with Crippen molar-refractivity contribution in [1.82, 2.24) is 15.1 Å². The largest absolute Gasteiger partial charge is 0.467 e. The molecule has 1 aliphatic rings. The van der Waals surface area contributed by atoms with Crippen molar-refractivity contribution in [3.63, 3.8) is 0 Å². The molecule has 1 aromatic heterocycles. The number of nitrogens with one attached hydrogen (secondary N) is 2. The number of methoxy groups -OCH3 is 1. The summed E-state index contributed by atoms with van der Waals surface area (Å²) in [5, 5.41) is 20.1. The lowest BCUT2D eigenvalue weighted by molar-refractivity contribution is -0.142. The number of Topliss-reactive ketones (excluding diaryl/α,β-unsaturated/α-hetero) is 1. The fourth-order valence-electron chi connectivity index (χ4n) is 5.55. The number of ether oxygens (including phenoxy) is 1. The van der Waals surface area contributed by atoms with Gasteiger partial charge in [-0.05, 0) is 35.9 Å². The minimum absolute atomic E-state index is 0.00485. The first-order valence-electron chi connectivity index (χ1n) is 15.1. The number of para-hydroxylation sites is 2. The third-order valence-electron chi connectivity index (χ3n) is 7.86. The third-order valence-corrected chi connectivity index (χ3v) is 9.02. The Morgan fingerprint density at radius 1 is 0.917 bits per heavy atom. The summed E-state index contributed by atoms with van der Waals surface area (Å²) in [6.07, 6.45) is 0.246. The van der Waals surface area contributed by atoms with Crippen LogP contribution in [0.3, 0.4) is 0 Å². The number of fused-ring (bicyclic) bond motifs is 3. The Morgan fingerprint density at radius 3 is 2.25 bits per heavy atom. The fraction of sp³-hybridized carbons (Fsp3) is 0.135. The maximum Gasteiger partial charge on any atom is 0.328 e. The van der Waals surface area contributed by atoms with E-state index in [1.54, 1.807) is 47.1 Å². The van der Waals surface area contributed by atoms with Crippen LogP contribution in [0.1, 0.15) is 32.0 Å². The van der Waals surface area contributed by atoms with Crippen molar-refractivity contribution in [2.45, 2.75) is 23.1 Å². The molecule has 48 heavy (non-hydrogen) atoms. The number of aromatic nitrogens is 2. The molecule has 1 aliphatic heterocycles. The number of benzene rings is 4. The van der Waals surface area contributed by atoms with Crippen molar-refractivity contribution in [3.8, 4) is 23.0 Å². The molecule has 10 nitrogen and oxygen atoms in total. The zero-order valence-corrected chi connectivity index (χ0v) is 26.6. The molecule has 1 unspecified atom stereocenters. The number of ketones is 1. The molecule has 4 aromatic carbocycles. The summed E-state index contributed by atoms with van der Waals surface area (Å²) < 4.78 is 6.61. The van der Waals surface area contributed by atoms with Gasteiger partial charge in [0.25, 0.3) is 5.91 Å². The Hall–Kier alpha value is -5.99. The van der Waals surface area contributed by atoms with E-state index in [-0.39, 0.29) is 17.9 Å². The number of esters is 1. The molecule has 11 heteroatoms. The van der Waals surface area contributed by atoms with Gasteiger partial charge in [0.2, 0.25) is 11.7 Å². The van der Waals surface area contributed by atoms with E-state index < -0.39 is 35.5 Å². The standard InChI is InChI=1S/C37H29N5O5S/c1-47-37(46)30(20-23-12-5-2-6-13-23)40-35(44)27-19-11-18-26-32-29(22-48-34(26)27)31(41-42(32)25-16-9-4-10-17-25)33(43)28(21-38)36(45)39-24-14-7-3-8-15-24/h2-19,28,30H,20,22H2,1H3,(H,39,45)(H,40,44)/t28?,30-/m0/s1.